The number of amides is 1. The van der Waals surface area contributed by atoms with Gasteiger partial charge in [-0.25, -0.2) is 0 Å². The molecule has 1 unspecified atom stereocenters. The number of hydrogen-bond donors (Lipinski definition) is 1. The van der Waals surface area contributed by atoms with Crippen molar-refractivity contribution in [2.24, 2.45) is 5.73 Å². The number of carbonyl (C=O) groups excluding carboxylic acids is 1. The quantitative estimate of drug-likeness (QED) is 0.903. The molecule has 3 rings (SSSR count). The molecule has 0 spiro atoms. The van der Waals surface area contributed by atoms with Gasteiger partial charge in [0.1, 0.15) is 0 Å². The lowest BCUT2D eigenvalue weighted by Crippen LogP contribution is -2.46. The number of carbonyl (C=O) groups is 1. The molecule has 1 aromatic carbocycles. The van der Waals surface area contributed by atoms with E-state index in [9.17, 15) is 4.79 Å². The Bertz CT molecular complexity index is 498. The maximum absolute atomic E-state index is 12.3. The van der Waals surface area contributed by atoms with Gasteiger partial charge >= 0.3 is 0 Å². The summed E-state index contributed by atoms with van der Waals surface area (Å²) in [5.41, 5.74) is 7.07. The molecule has 0 saturated carbocycles. The fourth-order valence-electron chi connectivity index (χ4n) is 2.76. The summed E-state index contributed by atoms with van der Waals surface area (Å²) in [6, 6.07) is 5.24. The van der Waals surface area contributed by atoms with Crippen molar-refractivity contribution < 1.29 is 14.3 Å². The fourth-order valence-corrected chi connectivity index (χ4v) is 2.76. The van der Waals surface area contributed by atoms with Gasteiger partial charge in [-0.15, -0.1) is 0 Å². The Kier molecular flexibility index (Phi) is 3.78. The predicted molar refractivity (Wildman–Crippen MR) is 74.7 cm³/mol. The van der Waals surface area contributed by atoms with Crippen LogP contribution in [0.25, 0.3) is 0 Å². The molecule has 1 saturated heterocycles. The summed E-state index contributed by atoms with van der Waals surface area (Å²) >= 11 is 0. The maximum Gasteiger partial charge on any atom is 0.239 e. The van der Waals surface area contributed by atoms with Crippen molar-refractivity contribution in [2.45, 2.75) is 31.7 Å². The van der Waals surface area contributed by atoms with E-state index in [1.165, 1.54) is 6.42 Å². The molecule has 0 aliphatic carbocycles. The Labute approximate surface area is 118 Å². The number of nitrogens with zero attached hydrogens (tertiary/aromatic N) is 1. The number of likely N-dealkylation sites (tertiary alicyclic amines) is 1. The minimum absolute atomic E-state index is 0.0577. The first-order chi connectivity index (χ1) is 9.74. The molecular formula is C15H20N2O3. The summed E-state index contributed by atoms with van der Waals surface area (Å²) in [6.07, 6.45) is 3.91. The number of benzene rings is 1. The number of ether oxygens (including phenoxy) is 2. The van der Waals surface area contributed by atoms with Crippen LogP contribution in [0.5, 0.6) is 11.5 Å². The van der Waals surface area contributed by atoms with Crippen molar-refractivity contribution in [3.63, 3.8) is 0 Å². The van der Waals surface area contributed by atoms with Gasteiger partial charge in [0.15, 0.2) is 11.5 Å². The minimum atomic E-state index is -0.478. The zero-order chi connectivity index (χ0) is 13.9. The first-order valence-corrected chi connectivity index (χ1v) is 7.17. The van der Waals surface area contributed by atoms with Gasteiger partial charge in [0.2, 0.25) is 12.7 Å². The van der Waals surface area contributed by atoms with Crippen LogP contribution < -0.4 is 15.2 Å². The molecular weight excluding hydrogens is 256 g/mol. The van der Waals surface area contributed by atoms with Crippen LogP contribution in [0, 0.1) is 0 Å². The smallest absolute Gasteiger partial charge is 0.239 e. The van der Waals surface area contributed by atoms with Crippen LogP contribution in [-0.4, -0.2) is 36.7 Å². The second-order valence-electron chi connectivity index (χ2n) is 5.38. The molecule has 2 heterocycles. The van der Waals surface area contributed by atoms with Gasteiger partial charge in [-0.2, -0.15) is 0 Å². The second-order valence-corrected chi connectivity index (χ2v) is 5.38. The first-order valence-electron chi connectivity index (χ1n) is 7.17. The van der Waals surface area contributed by atoms with Gasteiger partial charge in [-0.05, 0) is 43.4 Å². The van der Waals surface area contributed by atoms with Crippen molar-refractivity contribution in [1.82, 2.24) is 4.90 Å². The Morgan fingerprint density at radius 1 is 1.20 bits per heavy atom. The summed E-state index contributed by atoms with van der Waals surface area (Å²) in [4.78, 5) is 14.2. The van der Waals surface area contributed by atoms with Crippen LogP contribution in [0.3, 0.4) is 0 Å². The highest BCUT2D eigenvalue weighted by Gasteiger charge is 2.23. The molecule has 2 aliphatic rings. The lowest BCUT2D eigenvalue weighted by Gasteiger charge is -2.29. The molecule has 1 atom stereocenters. The predicted octanol–water partition coefficient (Wildman–Crippen LogP) is 1.30. The molecule has 2 aliphatic heterocycles. The van der Waals surface area contributed by atoms with Crippen molar-refractivity contribution in [2.75, 3.05) is 19.9 Å². The van der Waals surface area contributed by atoms with Crippen molar-refractivity contribution in [3.05, 3.63) is 23.8 Å². The van der Waals surface area contributed by atoms with E-state index in [2.05, 4.69) is 0 Å². The Morgan fingerprint density at radius 3 is 2.75 bits per heavy atom. The number of rotatable bonds is 3. The zero-order valence-corrected chi connectivity index (χ0v) is 11.5. The molecule has 20 heavy (non-hydrogen) atoms. The first kappa shape index (κ1) is 13.2. The summed E-state index contributed by atoms with van der Waals surface area (Å²) < 4.78 is 10.6. The highest BCUT2D eigenvalue weighted by Crippen LogP contribution is 2.32. The van der Waals surface area contributed by atoms with Crippen LogP contribution in [0.4, 0.5) is 0 Å². The lowest BCUT2D eigenvalue weighted by atomic mass is 10.0. The van der Waals surface area contributed by atoms with Crippen molar-refractivity contribution >= 4 is 5.91 Å². The highest BCUT2D eigenvalue weighted by atomic mass is 16.7. The topological polar surface area (TPSA) is 64.8 Å². The van der Waals surface area contributed by atoms with E-state index < -0.39 is 6.04 Å². The molecule has 0 bridgehead atoms. The molecule has 5 nitrogen and oxygen atoms in total. The van der Waals surface area contributed by atoms with E-state index in [0.717, 1.165) is 43.0 Å². The van der Waals surface area contributed by atoms with E-state index in [-0.39, 0.29) is 12.7 Å². The molecule has 1 fully saturated rings. The molecule has 0 aromatic heterocycles. The third kappa shape index (κ3) is 2.72. The average Bonchev–Trinajstić information content (AvgIpc) is 2.95. The van der Waals surface area contributed by atoms with Crippen LogP contribution >= 0.6 is 0 Å². The normalized spacial score (nSPS) is 18.9. The van der Waals surface area contributed by atoms with Crippen molar-refractivity contribution in [1.29, 1.82) is 0 Å². The van der Waals surface area contributed by atoms with E-state index in [1.807, 2.05) is 23.1 Å². The number of fused-ring (bicyclic) bond motifs is 1. The third-order valence-corrected chi connectivity index (χ3v) is 3.88. The Balaban J connectivity index is 1.63. The number of hydrogen-bond acceptors (Lipinski definition) is 4. The van der Waals surface area contributed by atoms with E-state index >= 15 is 0 Å². The summed E-state index contributed by atoms with van der Waals surface area (Å²) in [7, 11) is 0. The largest absolute Gasteiger partial charge is 0.454 e. The van der Waals surface area contributed by atoms with Gasteiger partial charge < -0.3 is 20.1 Å². The Hall–Kier alpha value is -1.75. The van der Waals surface area contributed by atoms with Gasteiger partial charge in [-0.1, -0.05) is 6.07 Å². The SMILES string of the molecule is NC(Cc1ccc2c(c1)OCO2)C(=O)N1CCCCC1. The summed E-state index contributed by atoms with van der Waals surface area (Å²) in [5.74, 6) is 1.55. The average molecular weight is 276 g/mol. The van der Waals surface area contributed by atoms with Crippen LogP contribution in [0.1, 0.15) is 24.8 Å². The summed E-state index contributed by atoms with van der Waals surface area (Å²) in [5, 5.41) is 0. The van der Waals surface area contributed by atoms with Gasteiger partial charge in [-0.3, -0.25) is 4.79 Å². The maximum atomic E-state index is 12.3. The second kappa shape index (κ2) is 5.71. The standard InChI is InChI=1S/C15H20N2O3/c16-12(15(18)17-6-2-1-3-7-17)8-11-4-5-13-14(9-11)20-10-19-13/h4-5,9,12H,1-3,6-8,10,16H2. The van der Waals surface area contributed by atoms with E-state index in [4.69, 9.17) is 15.2 Å². The summed E-state index contributed by atoms with van der Waals surface area (Å²) in [6.45, 7) is 1.94. The molecule has 5 heteroatoms. The van der Waals surface area contributed by atoms with Crippen LogP contribution in [0.2, 0.25) is 0 Å². The zero-order valence-electron chi connectivity index (χ0n) is 11.5. The highest BCUT2D eigenvalue weighted by molar-refractivity contribution is 5.82. The Morgan fingerprint density at radius 2 is 1.95 bits per heavy atom. The lowest BCUT2D eigenvalue weighted by molar-refractivity contribution is -0.133. The molecule has 2 N–H and O–H groups in total. The molecule has 1 aromatic rings. The number of piperidine rings is 1. The molecule has 0 radical (unpaired) electrons. The van der Waals surface area contributed by atoms with E-state index in [1.54, 1.807) is 0 Å². The van der Waals surface area contributed by atoms with Gasteiger partial charge in [0, 0.05) is 13.1 Å². The van der Waals surface area contributed by atoms with Gasteiger partial charge in [0.05, 0.1) is 6.04 Å². The molecule has 108 valence electrons. The third-order valence-electron chi connectivity index (χ3n) is 3.88. The van der Waals surface area contributed by atoms with Gasteiger partial charge in [0.25, 0.3) is 0 Å². The van der Waals surface area contributed by atoms with Crippen LogP contribution in [0.15, 0.2) is 18.2 Å². The monoisotopic (exact) mass is 276 g/mol. The number of nitrogens with two attached hydrogens (primary N) is 1. The fraction of sp³-hybridized carbons (Fsp3) is 0.533. The molecule has 1 amide bonds. The van der Waals surface area contributed by atoms with Crippen molar-refractivity contribution in [3.8, 4) is 11.5 Å². The van der Waals surface area contributed by atoms with Crippen LogP contribution in [-0.2, 0) is 11.2 Å². The minimum Gasteiger partial charge on any atom is -0.454 e. The van der Waals surface area contributed by atoms with E-state index in [0.29, 0.717) is 6.42 Å².